The summed E-state index contributed by atoms with van der Waals surface area (Å²) in [4.78, 5) is 10.3. The smallest absolute Gasteiger partial charge is 0.224 e. The van der Waals surface area contributed by atoms with Crippen molar-refractivity contribution in [3.8, 4) is 0 Å². The normalized spacial score (nSPS) is 17.8. The lowest BCUT2D eigenvalue weighted by Crippen LogP contribution is -2.48. The maximum absolute atomic E-state index is 11.5. The molecule has 1 fully saturated rings. The first kappa shape index (κ1) is 13.1. The van der Waals surface area contributed by atoms with E-state index in [1.54, 1.807) is 6.20 Å². The third-order valence-corrected chi connectivity index (χ3v) is 4.62. The standard InChI is InChI=1S/C10H15N7O2S/c1-20(18,19)17-4-2-16(3-5-17)9-7-6-12-15-8(7)13-10(11)14-9/h6H,2-5H2,1H3,(H3,11,12,13,14,15). The van der Waals surface area contributed by atoms with Gasteiger partial charge in [-0.15, -0.1) is 0 Å². The van der Waals surface area contributed by atoms with Gasteiger partial charge >= 0.3 is 0 Å². The molecule has 1 aliphatic rings. The molecular weight excluding hydrogens is 282 g/mol. The Bertz CT molecular complexity index is 733. The maximum atomic E-state index is 11.5. The number of hydrogen-bond donors (Lipinski definition) is 2. The second kappa shape index (κ2) is 4.56. The Morgan fingerprint density at radius 1 is 1.25 bits per heavy atom. The molecule has 3 heterocycles. The third-order valence-electron chi connectivity index (χ3n) is 3.31. The third kappa shape index (κ3) is 2.27. The lowest BCUT2D eigenvalue weighted by Gasteiger charge is -2.34. The number of aromatic nitrogens is 4. The summed E-state index contributed by atoms with van der Waals surface area (Å²) in [5.41, 5.74) is 6.27. The zero-order chi connectivity index (χ0) is 14.3. The van der Waals surface area contributed by atoms with E-state index in [-0.39, 0.29) is 5.95 Å². The molecule has 108 valence electrons. The quantitative estimate of drug-likeness (QED) is 0.730. The summed E-state index contributed by atoms with van der Waals surface area (Å²) in [5.74, 6) is 0.858. The topological polar surface area (TPSA) is 121 Å². The minimum Gasteiger partial charge on any atom is -0.368 e. The molecule has 9 nitrogen and oxygen atoms in total. The average molecular weight is 297 g/mol. The van der Waals surface area contributed by atoms with Crippen molar-refractivity contribution in [1.82, 2.24) is 24.5 Å². The van der Waals surface area contributed by atoms with Crippen LogP contribution in [0.5, 0.6) is 0 Å². The van der Waals surface area contributed by atoms with E-state index in [1.807, 2.05) is 4.90 Å². The molecule has 2 aromatic rings. The molecule has 10 heteroatoms. The molecule has 0 saturated carbocycles. The lowest BCUT2D eigenvalue weighted by molar-refractivity contribution is 0.387. The molecular formula is C10H15N7O2S. The molecule has 0 unspecified atom stereocenters. The van der Waals surface area contributed by atoms with E-state index in [4.69, 9.17) is 5.73 Å². The highest BCUT2D eigenvalue weighted by Crippen LogP contribution is 2.24. The van der Waals surface area contributed by atoms with Gasteiger partial charge in [-0.3, -0.25) is 5.10 Å². The van der Waals surface area contributed by atoms with Gasteiger partial charge in [0.2, 0.25) is 16.0 Å². The first-order valence-electron chi connectivity index (χ1n) is 6.12. The summed E-state index contributed by atoms with van der Waals surface area (Å²) in [7, 11) is -3.14. The molecule has 3 N–H and O–H groups in total. The Balaban J connectivity index is 1.89. The number of rotatable bonds is 2. The minimum absolute atomic E-state index is 0.169. The molecule has 3 rings (SSSR count). The number of H-pyrrole nitrogens is 1. The number of piperazine rings is 1. The van der Waals surface area contributed by atoms with Crippen LogP contribution in [0.1, 0.15) is 0 Å². The summed E-state index contributed by atoms with van der Waals surface area (Å²) < 4.78 is 24.5. The maximum Gasteiger partial charge on any atom is 0.224 e. The highest BCUT2D eigenvalue weighted by atomic mass is 32.2. The molecule has 0 aliphatic carbocycles. The number of nitrogens with two attached hydrogens (primary N) is 1. The zero-order valence-electron chi connectivity index (χ0n) is 10.9. The summed E-state index contributed by atoms with van der Waals surface area (Å²) >= 11 is 0. The van der Waals surface area contributed by atoms with Gasteiger partial charge in [0, 0.05) is 26.2 Å². The predicted molar refractivity (Wildman–Crippen MR) is 74.7 cm³/mol. The van der Waals surface area contributed by atoms with Gasteiger partial charge in [0.15, 0.2) is 5.65 Å². The van der Waals surface area contributed by atoms with Crippen molar-refractivity contribution in [2.45, 2.75) is 0 Å². The van der Waals surface area contributed by atoms with Crippen molar-refractivity contribution in [2.75, 3.05) is 43.1 Å². The van der Waals surface area contributed by atoms with E-state index in [0.29, 0.717) is 37.6 Å². The van der Waals surface area contributed by atoms with Gasteiger partial charge in [0.05, 0.1) is 17.8 Å². The number of sulfonamides is 1. The molecule has 0 atom stereocenters. The Morgan fingerprint density at radius 2 is 1.95 bits per heavy atom. The Kier molecular flexibility index (Phi) is 2.98. The molecule has 1 aliphatic heterocycles. The van der Waals surface area contributed by atoms with Crippen LogP contribution in [0.3, 0.4) is 0 Å². The highest BCUT2D eigenvalue weighted by Gasteiger charge is 2.25. The van der Waals surface area contributed by atoms with Gasteiger partial charge < -0.3 is 10.6 Å². The van der Waals surface area contributed by atoms with E-state index in [1.165, 1.54) is 10.6 Å². The van der Waals surface area contributed by atoms with Crippen LogP contribution in [0.25, 0.3) is 11.0 Å². The largest absolute Gasteiger partial charge is 0.368 e. The van der Waals surface area contributed by atoms with Crippen LogP contribution in [0.15, 0.2) is 6.20 Å². The van der Waals surface area contributed by atoms with Crippen LogP contribution in [0.2, 0.25) is 0 Å². The number of fused-ring (bicyclic) bond motifs is 1. The van der Waals surface area contributed by atoms with E-state index in [9.17, 15) is 8.42 Å². The second-order valence-corrected chi connectivity index (χ2v) is 6.67. The van der Waals surface area contributed by atoms with Crippen LogP contribution >= 0.6 is 0 Å². The molecule has 0 spiro atoms. The van der Waals surface area contributed by atoms with Crippen LogP contribution in [0, 0.1) is 0 Å². The van der Waals surface area contributed by atoms with Gasteiger partial charge in [-0.1, -0.05) is 0 Å². The first-order valence-corrected chi connectivity index (χ1v) is 7.96. The van der Waals surface area contributed by atoms with E-state index in [0.717, 1.165) is 5.39 Å². The zero-order valence-corrected chi connectivity index (χ0v) is 11.8. The number of nitrogen functional groups attached to an aromatic ring is 1. The number of nitrogens with zero attached hydrogens (tertiary/aromatic N) is 5. The predicted octanol–water partition coefficient (Wildman–Crippen LogP) is -0.983. The van der Waals surface area contributed by atoms with Gasteiger partial charge in [-0.25, -0.2) is 8.42 Å². The summed E-state index contributed by atoms with van der Waals surface area (Å²) in [5, 5.41) is 7.48. The Labute approximate surface area is 115 Å². The molecule has 1 saturated heterocycles. The van der Waals surface area contributed by atoms with Crippen LogP contribution < -0.4 is 10.6 Å². The van der Waals surface area contributed by atoms with Crippen molar-refractivity contribution in [3.05, 3.63) is 6.20 Å². The van der Waals surface area contributed by atoms with Gasteiger partial charge in [0.25, 0.3) is 0 Å². The lowest BCUT2D eigenvalue weighted by atomic mass is 10.3. The Hall–Kier alpha value is -1.94. The number of nitrogens with one attached hydrogen (secondary N) is 1. The van der Waals surface area contributed by atoms with Crippen LogP contribution in [0.4, 0.5) is 11.8 Å². The van der Waals surface area contributed by atoms with Gasteiger partial charge in [-0.05, 0) is 0 Å². The van der Waals surface area contributed by atoms with E-state index in [2.05, 4.69) is 20.2 Å². The van der Waals surface area contributed by atoms with Gasteiger partial charge in [-0.2, -0.15) is 19.4 Å². The monoisotopic (exact) mass is 297 g/mol. The Morgan fingerprint density at radius 3 is 2.60 bits per heavy atom. The fourth-order valence-corrected chi connectivity index (χ4v) is 3.14. The summed E-state index contributed by atoms with van der Waals surface area (Å²) in [6.45, 7) is 1.98. The van der Waals surface area contributed by atoms with Gasteiger partial charge in [0.1, 0.15) is 5.82 Å². The van der Waals surface area contributed by atoms with E-state index < -0.39 is 10.0 Å². The van der Waals surface area contributed by atoms with Crippen molar-refractivity contribution < 1.29 is 8.42 Å². The minimum atomic E-state index is -3.14. The first-order chi connectivity index (χ1) is 9.45. The van der Waals surface area contributed by atoms with Crippen molar-refractivity contribution in [3.63, 3.8) is 0 Å². The van der Waals surface area contributed by atoms with Crippen LogP contribution in [-0.4, -0.2) is 65.3 Å². The molecule has 0 bridgehead atoms. The molecule has 2 aromatic heterocycles. The summed E-state index contributed by atoms with van der Waals surface area (Å²) in [6, 6.07) is 0. The second-order valence-electron chi connectivity index (χ2n) is 4.69. The van der Waals surface area contributed by atoms with Crippen molar-refractivity contribution >= 4 is 32.8 Å². The summed E-state index contributed by atoms with van der Waals surface area (Å²) in [6.07, 6.45) is 2.87. The SMILES string of the molecule is CS(=O)(=O)N1CCN(c2nc(N)nc3[nH]ncc23)CC1. The number of hydrogen-bond acceptors (Lipinski definition) is 7. The molecule has 0 aromatic carbocycles. The number of anilines is 2. The molecule has 20 heavy (non-hydrogen) atoms. The molecule has 0 amide bonds. The molecule has 0 radical (unpaired) electrons. The number of aromatic amines is 1. The highest BCUT2D eigenvalue weighted by molar-refractivity contribution is 7.88. The van der Waals surface area contributed by atoms with Crippen molar-refractivity contribution in [2.24, 2.45) is 0 Å². The van der Waals surface area contributed by atoms with E-state index >= 15 is 0 Å². The van der Waals surface area contributed by atoms with Crippen molar-refractivity contribution in [1.29, 1.82) is 0 Å². The fourth-order valence-electron chi connectivity index (χ4n) is 2.31. The average Bonchev–Trinajstić information content (AvgIpc) is 2.85. The fraction of sp³-hybridized carbons (Fsp3) is 0.500. The van der Waals surface area contributed by atoms with Crippen LogP contribution in [-0.2, 0) is 10.0 Å².